The van der Waals surface area contributed by atoms with Crippen LogP contribution in [-0.2, 0) is 27.4 Å². The SMILES string of the molecule is CCOC(=O)c1ccc(S(=O)(=O)Nc2nnc(Cc3cccc(C(F)(F)F)c3)s2)cc1. The molecule has 2 aromatic carbocycles. The minimum Gasteiger partial charge on any atom is -0.462 e. The summed E-state index contributed by atoms with van der Waals surface area (Å²) >= 11 is 0.909. The van der Waals surface area contributed by atoms with E-state index in [1.165, 1.54) is 36.4 Å². The second kappa shape index (κ2) is 9.02. The zero-order chi connectivity index (χ0) is 22.6. The smallest absolute Gasteiger partial charge is 0.416 e. The summed E-state index contributed by atoms with van der Waals surface area (Å²) in [5.41, 5.74) is -0.197. The van der Waals surface area contributed by atoms with Crippen LogP contribution in [0.4, 0.5) is 18.3 Å². The van der Waals surface area contributed by atoms with Crippen LogP contribution in [0.15, 0.2) is 53.4 Å². The van der Waals surface area contributed by atoms with E-state index < -0.39 is 27.7 Å². The van der Waals surface area contributed by atoms with Gasteiger partial charge in [-0.25, -0.2) is 13.2 Å². The molecule has 0 fully saturated rings. The van der Waals surface area contributed by atoms with Crippen LogP contribution in [0.3, 0.4) is 0 Å². The molecular formula is C19H16F3N3O4S2. The van der Waals surface area contributed by atoms with Crippen molar-refractivity contribution in [2.45, 2.75) is 24.4 Å². The highest BCUT2D eigenvalue weighted by Gasteiger charge is 2.30. The minimum atomic E-state index is -4.46. The highest BCUT2D eigenvalue weighted by molar-refractivity contribution is 7.93. The maximum Gasteiger partial charge on any atom is 0.416 e. The zero-order valence-electron chi connectivity index (χ0n) is 16.0. The molecule has 0 spiro atoms. The third kappa shape index (κ3) is 5.79. The zero-order valence-corrected chi connectivity index (χ0v) is 17.6. The summed E-state index contributed by atoms with van der Waals surface area (Å²) in [5, 5.41) is 7.90. The summed E-state index contributed by atoms with van der Waals surface area (Å²) in [5.74, 6) is -0.567. The summed E-state index contributed by atoms with van der Waals surface area (Å²) in [6.07, 6.45) is -4.39. The summed E-state index contributed by atoms with van der Waals surface area (Å²) in [7, 11) is -4.00. The molecule has 0 radical (unpaired) electrons. The second-order valence-corrected chi connectivity index (χ2v) is 8.97. The lowest BCUT2D eigenvalue weighted by molar-refractivity contribution is -0.137. The fraction of sp³-hybridized carbons (Fsp3) is 0.211. The lowest BCUT2D eigenvalue weighted by Crippen LogP contribution is -2.13. The first kappa shape index (κ1) is 22.7. The number of benzene rings is 2. The van der Waals surface area contributed by atoms with Gasteiger partial charge in [0.05, 0.1) is 22.6 Å². The summed E-state index contributed by atoms with van der Waals surface area (Å²) in [6.45, 7) is 1.85. The quantitative estimate of drug-likeness (QED) is 0.521. The van der Waals surface area contributed by atoms with Gasteiger partial charge >= 0.3 is 12.1 Å². The van der Waals surface area contributed by atoms with Gasteiger partial charge in [0.15, 0.2) is 0 Å². The molecule has 0 bridgehead atoms. The fourth-order valence-corrected chi connectivity index (χ4v) is 4.56. The number of nitrogens with one attached hydrogen (secondary N) is 1. The van der Waals surface area contributed by atoms with Crippen molar-refractivity contribution < 1.29 is 31.1 Å². The lowest BCUT2D eigenvalue weighted by atomic mass is 10.1. The van der Waals surface area contributed by atoms with Crippen molar-refractivity contribution in [1.82, 2.24) is 10.2 Å². The van der Waals surface area contributed by atoms with Gasteiger partial charge in [-0.15, -0.1) is 10.2 Å². The highest BCUT2D eigenvalue weighted by atomic mass is 32.2. The lowest BCUT2D eigenvalue weighted by Gasteiger charge is -2.07. The molecule has 3 rings (SSSR count). The first-order valence-corrected chi connectivity index (χ1v) is 11.2. The number of hydrogen-bond acceptors (Lipinski definition) is 7. The average Bonchev–Trinajstić information content (AvgIpc) is 3.14. The number of esters is 1. The molecule has 164 valence electrons. The van der Waals surface area contributed by atoms with Crippen molar-refractivity contribution >= 4 is 32.5 Å². The maximum absolute atomic E-state index is 12.8. The van der Waals surface area contributed by atoms with E-state index >= 15 is 0 Å². The number of rotatable bonds is 7. The van der Waals surface area contributed by atoms with E-state index in [9.17, 15) is 26.4 Å². The first-order valence-electron chi connectivity index (χ1n) is 8.87. The Kier molecular flexibility index (Phi) is 6.60. The minimum absolute atomic E-state index is 0.0311. The van der Waals surface area contributed by atoms with E-state index in [2.05, 4.69) is 14.9 Å². The number of carbonyl (C=O) groups is 1. The Morgan fingerprint density at radius 3 is 2.48 bits per heavy atom. The van der Waals surface area contributed by atoms with Crippen molar-refractivity contribution in [2.24, 2.45) is 0 Å². The molecule has 0 saturated heterocycles. The van der Waals surface area contributed by atoms with Crippen molar-refractivity contribution in [1.29, 1.82) is 0 Å². The van der Waals surface area contributed by atoms with Gasteiger partial charge in [-0.2, -0.15) is 13.2 Å². The molecule has 1 aromatic heterocycles. The van der Waals surface area contributed by atoms with E-state index in [1.54, 1.807) is 6.92 Å². The van der Waals surface area contributed by atoms with Crippen molar-refractivity contribution in [3.63, 3.8) is 0 Å². The normalized spacial score (nSPS) is 11.9. The third-order valence-electron chi connectivity index (χ3n) is 3.97. The van der Waals surface area contributed by atoms with Gasteiger partial charge in [-0.05, 0) is 42.8 Å². The molecule has 0 aliphatic heterocycles. The molecule has 7 nitrogen and oxygen atoms in total. The van der Waals surface area contributed by atoms with Crippen molar-refractivity contribution in [3.8, 4) is 0 Å². The van der Waals surface area contributed by atoms with Gasteiger partial charge in [0.2, 0.25) is 5.13 Å². The Labute approximate surface area is 180 Å². The monoisotopic (exact) mass is 471 g/mol. The van der Waals surface area contributed by atoms with Crippen molar-refractivity contribution in [2.75, 3.05) is 11.3 Å². The number of anilines is 1. The average molecular weight is 471 g/mol. The summed E-state index contributed by atoms with van der Waals surface area (Å²) in [4.78, 5) is 11.6. The van der Waals surface area contributed by atoms with Gasteiger partial charge < -0.3 is 4.74 Å². The Morgan fingerprint density at radius 1 is 1.13 bits per heavy atom. The van der Waals surface area contributed by atoms with Gasteiger partial charge in [-0.3, -0.25) is 4.72 Å². The molecule has 1 heterocycles. The Balaban J connectivity index is 1.71. The van der Waals surface area contributed by atoms with E-state index in [0.717, 1.165) is 23.5 Å². The number of aromatic nitrogens is 2. The molecule has 0 saturated carbocycles. The molecule has 0 aliphatic rings. The maximum atomic E-state index is 12.8. The van der Waals surface area contributed by atoms with E-state index in [1.807, 2.05) is 0 Å². The Bertz CT molecular complexity index is 1180. The van der Waals surface area contributed by atoms with Gasteiger partial charge in [0, 0.05) is 6.42 Å². The first-order chi connectivity index (χ1) is 14.6. The van der Waals surface area contributed by atoms with Crippen LogP contribution in [0.2, 0.25) is 0 Å². The van der Waals surface area contributed by atoms with Gasteiger partial charge in [0.25, 0.3) is 10.0 Å². The van der Waals surface area contributed by atoms with E-state index in [-0.39, 0.29) is 28.6 Å². The van der Waals surface area contributed by atoms with Crippen LogP contribution < -0.4 is 4.72 Å². The fourth-order valence-electron chi connectivity index (χ4n) is 2.56. The summed E-state index contributed by atoms with van der Waals surface area (Å²) < 4.78 is 70.7. The number of sulfonamides is 1. The standard InChI is InChI=1S/C19H16F3N3O4S2/c1-2-29-17(26)13-6-8-15(9-7-13)31(27,28)25-18-24-23-16(30-18)11-12-4-3-5-14(10-12)19(20,21)22/h3-10H,2,11H2,1H3,(H,24,25). The number of carbonyl (C=O) groups excluding carboxylic acids is 1. The van der Waals surface area contributed by atoms with Crippen LogP contribution in [0.1, 0.15) is 33.4 Å². The van der Waals surface area contributed by atoms with Crippen LogP contribution in [0, 0.1) is 0 Å². The molecule has 3 aromatic rings. The predicted molar refractivity (Wildman–Crippen MR) is 107 cm³/mol. The largest absolute Gasteiger partial charge is 0.462 e. The molecule has 0 unspecified atom stereocenters. The number of ether oxygens (including phenoxy) is 1. The van der Waals surface area contributed by atoms with Crippen LogP contribution >= 0.6 is 11.3 Å². The summed E-state index contributed by atoms with van der Waals surface area (Å²) in [6, 6.07) is 9.94. The highest BCUT2D eigenvalue weighted by Crippen LogP contribution is 2.30. The third-order valence-corrected chi connectivity index (χ3v) is 6.30. The Morgan fingerprint density at radius 2 is 1.84 bits per heavy atom. The second-order valence-electron chi connectivity index (χ2n) is 6.23. The van der Waals surface area contributed by atoms with Crippen LogP contribution in [-0.4, -0.2) is 31.2 Å². The van der Waals surface area contributed by atoms with Gasteiger partial charge in [-0.1, -0.05) is 29.5 Å². The number of halogens is 3. The molecule has 0 atom stereocenters. The van der Waals surface area contributed by atoms with Crippen LogP contribution in [0.5, 0.6) is 0 Å². The predicted octanol–water partition coefficient (Wildman–Crippen LogP) is 4.13. The molecule has 1 N–H and O–H groups in total. The van der Waals surface area contributed by atoms with Crippen LogP contribution in [0.25, 0.3) is 0 Å². The topological polar surface area (TPSA) is 98.2 Å². The van der Waals surface area contributed by atoms with E-state index in [4.69, 9.17) is 4.74 Å². The molecular weight excluding hydrogens is 455 g/mol. The Hall–Kier alpha value is -2.99. The van der Waals surface area contributed by atoms with Gasteiger partial charge in [0.1, 0.15) is 5.01 Å². The van der Waals surface area contributed by atoms with E-state index in [0.29, 0.717) is 10.6 Å². The molecule has 12 heteroatoms. The molecule has 31 heavy (non-hydrogen) atoms. The molecule has 0 amide bonds. The number of hydrogen-bond donors (Lipinski definition) is 1. The van der Waals surface area contributed by atoms with Crippen molar-refractivity contribution in [3.05, 3.63) is 70.2 Å². The molecule has 0 aliphatic carbocycles. The number of alkyl halides is 3. The number of nitrogens with zero attached hydrogens (tertiary/aromatic N) is 2.